The van der Waals surface area contributed by atoms with Gasteiger partial charge < -0.3 is 39.9 Å². The van der Waals surface area contributed by atoms with Crippen LogP contribution in [0.15, 0.2) is 54.6 Å². The van der Waals surface area contributed by atoms with Gasteiger partial charge in [0.1, 0.15) is 12.7 Å². The van der Waals surface area contributed by atoms with Crippen molar-refractivity contribution in [3.05, 3.63) is 60.2 Å². The minimum atomic E-state index is -2.74. The summed E-state index contributed by atoms with van der Waals surface area (Å²) >= 11 is 0. The van der Waals surface area contributed by atoms with Crippen molar-refractivity contribution in [1.29, 1.82) is 0 Å². The molecule has 2 unspecified atom stereocenters. The van der Waals surface area contributed by atoms with Gasteiger partial charge in [-0.25, -0.2) is 4.79 Å². The maximum atomic E-state index is 10.3. The molecule has 0 aliphatic heterocycles. The van der Waals surface area contributed by atoms with Crippen molar-refractivity contribution < 1.29 is 49.4 Å². The fourth-order valence-corrected chi connectivity index (χ4v) is 3.53. The molecule has 0 aliphatic rings. The van der Waals surface area contributed by atoms with E-state index < -0.39 is 42.5 Å². The zero-order valence-corrected chi connectivity index (χ0v) is 22.5. The highest BCUT2D eigenvalue weighted by Crippen LogP contribution is 2.28. The summed E-state index contributed by atoms with van der Waals surface area (Å²) in [5.74, 6) is -3.62. The fourth-order valence-electron chi connectivity index (χ4n) is 3.53. The molecule has 0 aliphatic carbocycles. The monoisotopic (exact) mass is 549 g/mol. The normalized spacial score (nSPS) is 12.6. The molecule has 39 heavy (non-hydrogen) atoms. The minimum Gasteiger partial charge on any atom is -0.488 e. The minimum absolute atomic E-state index is 0.329. The fraction of sp³-hybridized carbons (Fsp3) is 0.464. The highest BCUT2D eigenvalue weighted by atomic mass is 16.5. The number of nitrogens with zero attached hydrogens (tertiary/aromatic N) is 1. The Morgan fingerprint density at radius 2 is 1.38 bits per heavy atom. The Morgan fingerprint density at radius 3 is 1.85 bits per heavy atom. The van der Waals surface area contributed by atoms with E-state index in [4.69, 9.17) is 29.9 Å². The predicted octanol–water partition coefficient (Wildman–Crippen LogP) is 2.53. The van der Waals surface area contributed by atoms with Crippen LogP contribution >= 0.6 is 0 Å². The SMILES string of the molecule is CCN(CC)CCOc1ccccc1OC(Cc1ccccc1)C(C)O.O=C(O)CC(O)(CC(=O)O)C(=O)O. The second-order valence-corrected chi connectivity index (χ2v) is 8.89. The van der Waals surface area contributed by atoms with Gasteiger partial charge in [0, 0.05) is 13.0 Å². The summed E-state index contributed by atoms with van der Waals surface area (Å²) in [4.78, 5) is 32.8. The van der Waals surface area contributed by atoms with Crippen molar-refractivity contribution in [1.82, 2.24) is 4.90 Å². The Morgan fingerprint density at radius 1 is 0.872 bits per heavy atom. The van der Waals surface area contributed by atoms with Crippen LogP contribution in [0.3, 0.4) is 0 Å². The van der Waals surface area contributed by atoms with Crippen molar-refractivity contribution in [3.8, 4) is 11.5 Å². The van der Waals surface area contributed by atoms with Gasteiger partial charge in [-0.1, -0.05) is 56.3 Å². The van der Waals surface area contributed by atoms with Crippen LogP contribution in [-0.4, -0.2) is 92.4 Å². The van der Waals surface area contributed by atoms with Gasteiger partial charge in [0.05, 0.1) is 18.9 Å². The number of benzene rings is 2. The van der Waals surface area contributed by atoms with E-state index in [-0.39, 0.29) is 6.10 Å². The molecule has 0 fully saturated rings. The van der Waals surface area contributed by atoms with Crippen LogP contribution in [0.1, 0.15) is 39.2 Å². The zero-order chi connectivity index (χ0) is 29.4. The zero-order valence-electron chi connectivity index (χ0n) is 22.5. The molecule has 0 heterocycles. The van der Waals surface area contributed by atoms with Crippen molar-refractivity contribution in [2.45, 2.75) is 57.8 Å². The average Bonchev–Trinajstić information content (AvgIpc) is 2.87. The van der Waals surface area contributed by atoms with Crippen LogP contribution in [0.2, 0.25) is 0 Å². The number of carbonyl (C=O) groups is 3. The third-order valence-electron chi connectivity index (χ3n) is 5.79. The van der Waals surface area contributed by atoms with Crippen LogP contribution in [0, 0.1) is 0 Å². The first-order valence-electron chi connectivity index (χ1n) is 12.6. The van der Waals surface area contributed by atoms with Gasteiger partial charge in [0.25, 0.3) is 0 Å². The number of ether oxygens (including phenoxy) is 2. The number of hydrogen-bond donors (Lipinski definition) is 5. The molecule has 2 aromatic rings. The van der Waals surface area contributed by atoms with Crippen LogP contribution in [0.25, 0.3) is 0 Å². The Balaban J connectivity index is 0.000000495. The molecule has 2 aromatic carbocycles. The van der Waals surface area contributed by atoms with Gasteiger partial charge in [-0.05, 0) is 37.7 Å². The van der Waals surface area contributed by atoms with Crippen molar-refractivity contribution in [3.63, 3.8) is 0 Å². The number of likely N-dealkylation sites (N-methyl/N-ethyl adjacent to an activating group) is 1. The summed E-state index contributed by atoms with van der Waals surface area (Å²) in [6.45, 7) is 9.58. The average molecular weight is 550 g/mol. The molecule has 0 saturated carbocycles. The summed E-state index contributed by atoms with van der Waals surface area (Å²) < 4.78 is 12.1. The molecule has 11 nitrogen and oxygen atoms in total. The summed E-state index contributed by atoms with van der Waals surface area (Å²) in [5, 5.41) is 44.0. The standard InChI is InChI=1S/C22H31NO3.C6H8O7/c1-4-23(5-2)15-16-25-20-13-9-10-14-21(20)26-22(18(3)24)17-19-11-7-6-8-12-19;7-3(8)1-6(13,5(11)12)2-4(9)10/h6-14,18,22,24H,4-5,15-17H2,1-3H3;13H,1-2H2,(H,7,8)(H,9,10)(H,11,12). The number of carboxylic acids is 3. The maximum absolute atomic E-state index is 10.3. The Kier molecular flexibility index (Phi) is 14.6. The Labute approximate surface area is 228 Å². The van der Waals surface area contributed by atoms with Crippen molar-refractivity contribution in [2.75, 3.05) is 26.2 Å². The second kappa shape index (κ2) is 17.0. The van der Waals surface area contributed by atoms with E-state index in [0.717, 1.165) is 30.9 Å². The molecule has 0 spiro atoms. The highest BCUT2D eigenvalue weighted by Gasteiger charge is 2.40. The van der Waals surface area contributed by atoms with Crippen molar-refractivity contribution >= 4 is 17.9 Å². The Hall–Kier alpha value is -3.67. The van der Waals surface area contributed by atoms with Gasteiger partial charge in [0.2, 0.25) is 0 Å². The number of hydrogen-bond acceptors (Lipinski definition) is 8. The lowest BCUT2D eigenvalue weighted by molar-refractivity contribution is -0.170. The van der Waals surface area contributed by atoms with Crippen LogP contribution < -0.4 is 9.47 Å². The molecule has 0 radical (unpaired) electrons. The number of rotatable bonds is 16. The topological polar surface area (TPSA) is 174 Å². The quantitative estimate of drug-likeness (QED) is 0.208. The van der Waals surface area contributed by atoms with Crippen molar-refractivity contribution in [2.24, 2.45) is 0 Å². The Bertz CT molecular complexity index is 1010. The van der Waals surface area contributed by atoms with E-state index in [2.05, 4.69) is 18.7 Å². The third-order valence-corrected chi connectivity index (χ3v) is 5.79. The molecule has 0 bridgehead atoms. The number of aliphatic carboxylic acids is 3. The van der Waals surface area contributed by atoms with E-state index in [1.165, 1.54) is 0 Å². The van der Waals surface area contributed by atoms with E-state index in [1.807, 2.05) is 54.6 Å². The van der Waals surface area contributed by atoms with E-state index in [1.54, 1.807) is 6.92 Å². The molecule has 0 aromatic heterocycles. The lowest BCUT2D eigenvalue weighted by atomic mass is 9.96. The molecule has 11 heteroatoms. The smallest absolute Gasteiger partial charge is 0.336 e. The lowest BCUT2D eigenvalue weighted by Gasteiger charge is -2.24. The molecular weight excluding hydrogens is 510 g/mol. The van der Waals surface area contributed by atoms with Crippen LogP contribution in [0.4, 0.5) is 0 Å². The number of carboxylic acid groups (broad SMARTS) is 3. The summed E-state index contributed by atoms with van der Waals surface area (Å²) in [5.41, 5.74) is -1.60. The van der Waals surface area contributed by atoms with Gasteiger partial charge >= 0.3 is 17.9 Å². The summed E-state index contributed by atoms with van der Waals surface area (Å²) in [6, 6.07) is 17.8. The molecule has 216 valence electrons. The first kappa shape index (κ1) is 33.4. The molecule has 2 rings (SSSR count). The maximum Gasteiger partial charge on any atom is 0.336 e. The van der Waals surface area contributed by atoms with E-state index in [9.17, 15) is 19.5 Å². The molecule has 2 atom stereocenters. The first-order chi connectivity index (χ1) is 18.4. The van der Waals surface area contributed by atoms with Gasteiger partial charge in [-0.15, -0.1) is 0 Å². The third kappa shape index (κ3) is 12.6. The molecular formula is C28H39NO10. The number of aliphatic hydroxyl groups is 2. The summed E-state index contributed by atoms with van der Waals surface area (Å²) in [7, 11) is 0. The van der Waals surface area contributed by atoms with Crippen LogP contribution in [0.5, 0.6) is 11.5 Å². The highest BCUT2D eigenvalue weighted by molar-refractivity contribution is 5.88. The molecule has 0 saturated heterocycles. The lowest BCUT2D eigenvalue weighted by Crippen LogP contribution is -2.42. The van der Waals surface area contributed by atoms with Gasteiger partial charge in [-0.2, -0.15) is 0 Å². The number of para-hydroxylation sites is 2. The molecule has 0 amide bonds. The van der Waals surface area contributed by atoms with E-state index in [0.29, 0.717) is 18.8 Å². The summed E-state index contributed by atoms with van der Waals surface area (Å²) in [6.07, 6.45) is -2.56. The largest absolute Gasteiger partial charge is 0.488 e. The predicted molar refractivity (Wildman–Crippen MR) is 143 cm³/mol. The van der Waals surface area contributed by atoms with Gasteiger partial charge in [-0.3, -0.25) is 9.59 Å². The van der Waals surface area contributed by atoms with Crippen LogP contribution in [-0.2, 0) is 20.8 Å². The first-order valence-corrected chi connectivity index (χ1v) is 12.6. The van der Waals surface area contributed by atoms with Gasteiger partial charge in [0.15, 0.2) is 17.1 Å². The second-order valence-electron chi connectivity index (χ2n) is 8.89. The number of aliphatic hydroxyl groups excluding tert-OH is 1. The van der Waals surface area contributed by atoms with E-state index >= 15 is 0 Å². The molecule has 5 N–H and O–H groups in total.